The molecule has 0 saturated carbocycles. The lowest BCUT2D eigenvalue weighted by Gasteiger charge is -2.21. The molecule has 0 radical (unpaired) electrons. The second-order valence-electron chi connectivity index (χ2n) is 4.17. The van der Waals surface area contributed by atoms with Gasteiger partial charge in [0.1, 0.15) is 0 Å². The molecule has 0 aliphatic heterocycles. The highest BCUT2D eigenvalue weighted by Gasteiger charge is 2.39. The first kappa shape index (κ1) is 16.7. The van der Waals surface area contributed by atoms with Crippen LogP contribution in [0.25, 0.3) is 0 Å². The van der Waals surface area contributed by atoms with E-state index in [4.69, 9.17) is 9.47 Å². The molecule has 0 atom stereocenters. The molecule has 1 rings (SSSR count). The molecule has 1 aromatic rings. The summed E-state index contributed by atoms with van der Waals surface area (Å²) in [5, 5.41) is 0. The zero-order valence-electron chi connectivity index (χ0n) is 12.4. The van der Waals surface area contributed by atoms with Crippen LogP contribution in [-0.4, -0.2) is 38.1 Å². The van der Waals surface area contributed by atoms with Gasteiger partial charge in [0.2, 0.25) is 5.92 Å². The predicted octanol–water partition coefficient (Wildman–Crippen LogP) is 1.39. The van der Waals surface area contributed by atoms with E-state index in [0.717, 1.165) is 0 Å². The Labute approximate surface area is 123 Å². The number of hydrogen-bond acceptors (Lipinski definition) is 5. The Morgan fingerprint density at radius 1 is 1.00 bits per heavy atom. The molecule has 0 fully saturated rings. The standard InChI is InChI=1S/C15H19NO5/c1-4-20-14(18)12(15(19)21-5-2)13(17)16(3)11-9-7-6-8-10-11/h6-10,12H,4-5H2,1-3H3. The lowest BCUT2D eigenvalue weighted by atomic mass is 10.1. The Kier molecular flexibility index (Phi) is 6.39. The zero-order chi connectivity index (χ0) is 15.8. The molecule has 0 aliphatic carbocycles. The number of carbonyl (C=O) groups is 3. The highest BCUT2D eigenvalue weighted by Crippen LogP contribution is 2.16. The van der Waals surface area contributed by atoms with Crippen LogP contribution in [0.3, 0.4) is 0 Å². The maximum absolute atomic E-state index is 12.4. The summed E-state index contributed by atoms with van der Waals surface area (Å²) in [5.74, 6) is -4.08. The van der Waals surface area contributed by atoms with Crippen molar-refractivity contribution < 1.29 is 23.9 Å². The van der Waals surface area contributed by atoms with Gasteiger partial charge in [-0.3, -0.25) is 14.4 Å². The summed E-state index contributed by atoms with van der Waals surface area (Å²) in [4.78, 5) is 37.4. The molecule has 0 N–H and O–H groups in total. The molecule has 0 saturated heterocycles. The van der Waals surface area contributed by atoms with Crippen molar-refractivity contribution >= 4 is 23.5 Å². The Morgan fingerprint density at radius 3 is 1.90 bits per heavy atom. The molecule has 0 unspecified atom stereocenters. The van der Waals surface area contributed by atoms with Crippen LogP contribution in [0.1, 0.15) is 13.8 Å². The molecular weight excluding hydrogens is 274 g/mol. The topological polar surface area (TPSA) is 72.9 Å². The van der Waals surface area contributed by atoms with Crippen LogP contribution >= 0.6 is 0 Å². The molecule has 0 spiro atoms. The van der Waals surface area contributed by atoms with Gasteiger partial charge in [0.05, 0.1) is 13.2 Å². The third kappa shape index (κ3) is 4.30. The van der Waals surface area contributed by atoms with Gasteiger partial charge in [-0.05, 0) is 26.0 Å². The number of para-hydroxylation sites is 1. The molecule has 0 aliphatic rings. The number of rotatable bonds is 6. The number of benzene rings is 1. The summed E-state index contributed by atoms with van der Waals surface area (Å²) in [6.45, 7) is 3.37. The SMILES string of the molecule is CCOC(=O)C(C(=O)OCC)C(=O)N(C)c1ccccc1. The van der Waals surface area contributed by atoms with Crippen LogP contribution in [0.4, 0.5) is 5.69 Å². The highest BCUT2D eigenvalue weighted by molar-refractivity contribution is 6.18. The quantitative estimate of drug-likeness (QED) is 0.585. The minimum absolute atomic E-state index is 0.0804. The molecule has 114 valence electrons. The van der Waals surface area contributed by atoms with Gasteiger partial charge in [-0.1, -0.05) is 18.2 Å². The third-order valence-electron chi connectivity index (χ3n) is 2.77. The maximum atomic E-state index is 12.4. The molecule has 6 heteroatoms. The smallest absolute Gasteiger partial charge is 0.330 e. The first-order valence-corrected chi connectivity index (χ1v) is 6.68. The molecule has 1 amide bonds. The van der Waals surface area contributed by atoms with Crippen LogP contribution in [0.5, 0.6) is 0 Å². The van der Waals surface area contributed by atoms with Crippen molar-refractivity contribution in [2.75, 3.05) is 25.2 Å². The number of ether oxygens (including phenoxy) is 2. The van der Waals surface area contributed by atoms with Crippen LogP contribution in [-0.2, 0) is 23.9 Å². The van der Waals surface area contributed by atoms with Crippen LogP contribution in [0, 0.1) is 5.92 Å². The summed E-state index contributed by atoms with van der Waals surface area (Å²) in [6.07, 6.45) is 0. The van der Waals surface area contributed by atoms with E-state index in [1.54, 1.807) is 44.2 Å². The Morgan fingerprint density at radius 2 is 1.48 bits per heavy atom. The second-order valence-corrected chi connectivity index (χ2v) is 4.17. The molecule has 1 aromatic carbocycles. The Balaban J connectivity index is 2.99. The average molecular weight is 293 g/mol. The van der Waals surface area contributed by atoms with E-state index in [0.29, 0.717) is 5.69 Å². The van der Waals surface area contributed by atoms with Gasteiger partial charge in [-0.2, -0.15) is 0 Å². The number of esters is 2. The summed E-state index contributed by atoms with van der Waals surface area (Å²) in [6, 6.07) is 8.71. The summed E-state index contributed by atoms with van der Waals surface area (Å²) < 4.78 is 9.58. The monoisotopic (exact) mass is 293 g/mol. The van der Waals surface area contributed by atoms with Gasteiger partial charge in [0.15, 0.2) is 0 Å². The fourth-order valence-electron chi connectivity index (χ4n) is 1.72. The van der Waals surface area contributed by atoms with E-state index in [9.17, 15) is 14.4 Å². The normalized spacial score (nSPS) is 10.1. The van der Waals surface area contributed by atoms with E-state index in [1.165, 1.54) is 11.9 Å². The van der Waals surface area contributed by atoms with E-state index in [2.05, 4.69) is 0 Å². The van der Waals surface area contributed by atoms with E-state index in [1.807, 2.05) is 0 Å². The van der Waals surface area contributed by atoms with Crippen LogP contribution < -0.4 is 4.90 Å². The van der Waals surface area contributed by atoms with Crippen molar-refractivity contribution in [2.24, 2.45) is 5.92 Å². The lowest BCUT2D eigenvalue weighted by molar-refractivity contribution is -0.163. The fourth-order valence-corrected chi connectivity index (χ4v) is 1.72. The van der Waals surface area contributed by atoms with Crippen molar-refractivity contribution in [3.8, 4) is 0 Å². The largest absolute Gasteiger partial charge is 0.465 e. The highest BCUT2D eigenvalue weighted by atomic mass is 16.6. The van der Waals surface area contributed by atoms with Crippen molar-refractivity contribution in [1.29, 1.82) is 0 Å². The van der Waals surface area contributed by atoms with E-state index in [-0.39, 0.29) is 13.2 Å². The first-order chi connectivity index (χ1) is 10.0. The minimum atomic E-state index is -1.60. The minimum Gasteiger partial charge on any atom is -0.465 e. The Bertz CT molecular complexity index is 482. The molecule has 0 aromatic heterocycles. The van der Waals surface area contributed by atoms with E-state index >= 15 is 0 Å². The van der Waals surface area contributed by atoms with Gasteiger partial charge in [-0.25, -0.2) is 0 Å². The third-order valence-corrected chi connectivity index (χ3v) is 2.77. The molecule has 0 heterocycles. The number of nitrogens with zero attached hydrogens (tertiary/aromatic N) is 1. The summed E-state index contributed by atoms with van der Waals surface area (Å²) >= 11 is 0. The number of carbonyl (C=O) groups excluding carboxylic acids is 3. The molecule has 21 heavy (non-hydrogen) atoms. The first-order valence-electron chi connectivity index (χ1n) is 6.68. The van der Waals surface area contributed by atoms with Crippen LogP contribution in [0.2, 0.25) is 0 Å². The average Bonchev–Trinajstić information content (AvgIpc) is 2.48. The van der Waals surface area contributed by atoms with Gasteiger partial charge >= 0.3 is 11.9 Å². The Hall–Kier alpha value is -2.37. The molecule has 0 bridgehead atoms. The predicted molar refractivity (Wildman–Crippen MR) is 76.6 cm³/mol. The lowest BCUT2D eigenvalue weighted by Crippen LogP contribution is -2.43. The molecule has 6 nitrogen and oxygen atoms in total. The van der Waals surface area contributed by atoms with Crippen molar-refractivity contribution in [2.45, 2.75) is 13.8 Å². The van der Waals surface area contributed by atoms with Crippen molar-refractivity contribution in [1.82, 2.24) is 0 Å². The van der Waals surface area contributed by atoms with Crippen LogP contribution in [0.15, 0.2) is 30.3 Å². The second kappa shape index (κ2) is 8.04. The number of amides is 1. The van der Waals surface area contributed by atoms with Gasteiger partial charge in [0.25, 0.3) is 5.91 Å². The number of anilines is 1. The number of hydrogen-bond donors (Lipinski definition) is 0. The molecular formula is C15H19NO5. The zero-order valence-corrected chi connectivity index (χ0v) is 12.4. The van der Waals surface area contributed by atoms with Gasteiger partial charge in [-0.15, -0.1) is 0 Å². The summed E-state index contributed by atoms with van der Waals surface area (Å²) in [7, 11) is 1.49. The maximum Gasteiger partial charge on any atom is 0.330 e. The van der Waals surface area contributed by atoms with Crippen molar-refractivity contribution in [3.05, 3.63) is 30.3 Å². The fraction of sp³-hybridized carbons (Fsp3) is 0.400. The van der Waals surface area contributed by atoms with Gasteiger partial charge in [0, 0.05) is 12.7 Å². The van der Waals surface area contributed by atoms with Crippen molar-refractivity contribution in [3.63, 3.8) is 0 Å². The van der Waals surface area contributed by atoms with E-state index < -0.39 is 23.8 Å². The summed E-state index contributed by atoms with van der Waals surface area (Å²) in [5.41, 5.74) is 0.570. The van der Waals surface area contributed by atoms with Gasteiger partial charge < -0.3 is 14.4 Å².